The van der Waals surface area contributed by atoms with E-state index in [1.165, 1.54) is 4.88 Å². The van der Waals surface area contributed by atoms with Crippen molar-refractivity contribution >= 4 is 21.2 Å². The van der Waals surface area contributed by atoms with Crippen LogP contribution in [0.5, 0.6) is 0 Å². The van der Waals surface area contributed by atoms with Crippen LogP contribution in [0.2, 0.25) is 0 Å². The number of sulfone groups is 1. The van der Waals surface area contributed by atoms with Crippen molar-refractivity contribution in [2.45, 2.75) is 13.0 Å². The summed E-state index contributed by atoms with van der Waals surface area (Å²) in [7, 11) is -2.78. The minimum atomic E-state index is -2.78. The molecule has 2 aromatic rings. The van der Waals surface area contributed by atoms with Crippen LogP contribution in [0.25, 0.3) is 10.6 Å². The van der Waals surface area contributed by atoms with Gasteiger partial charge in [0, 0.05) is 12.1 Å². The Hall–Kier alpha value is -1.18. The van der Waals surface area contributed by atoms with Crippen LogP contribution in [0.15, 0.2) is 23.7 Å². The Morgan fingerprint density at radius 1 is 1.50 bits per heavy atom. The molecule has 0 radical (unpaired) electrons. The van der Waals surface area contributed by atoms with Crippen molar-refractivity contribution in [3.05, 3.63) is 29.3 Å². The second kappa shape index (κ2) is 5.67. The van der Waals surface area contributed by atoms with Crippen molar-refractivity contribution in [2.75, 3.05) is 18.1 Å². The molecule has 0 spiro atoms. The van der Waals surface area contributed by atoms with Gasteiger partial charge in [0.15, 0.2) is 9.84 Å². The van der Waals surface area contributed by atoms with Crippen LogP contribution in [-0.4, -0.2) is 36.7 Å². The number of aromatic amines is 1. The Morgan fingerprint density at radius 3 is 3.10 bits per heavy atom. The van der Waals surface area contributed by atoms with Crippen LogP contribution in [0.3, 0.4) is 0 Å². The van der Waals surface area contributed by atoms with Gasteiger partial charge in [-0.3, -0.25) is 5.10 Å². The number of nitrogens with zero attached hydrogens (tertiary/aromatic N) is 1. The van der Waals surface area contributed by atoms with Crippen LogP contribution in [0.1, 0.15) is 12.0 Å². The highest BCUT2D eigenvalue weighted by atomic mass is 32.2. The maximum atomic E-state index is 11.4. The van der Waals surface area contributed by atoms with Gasteiger partial charge in [0.25, 0.3) is 0 Å². The average Bonchev–Trinajstić information content (AvgIpc) is 3.09. The van der Waals surface area contributed by atoms with Gasteiger partial charge in [0.1, 0.15) is 0 Å². The lowest BCUT2D eigenvalue weighted by Gasteiger charge is -2.09. The molecule has 2 N–H and O–H groups in total. The van der Waals surface area contributed by atoms with Crippen molar-refractivity contribution in [2.24, 2.45) is 5.92 Å². The largest absolute Gasteiger partial charge is 0.312 e. The summed E-state index contributed by atoms with van der Waals surface area (Å²) < 4.78 is 22.8. The molecule has 7 heteroatoms. The molecule has 1 atom stereocenters. The number of rotatable bonds is 5. The quantitative estimate of drug-likeness (QED) is 0.880. The van der Waals surface area contributed by atoms with Crippen molar-refractivity contribution in [1.82, 2.24) is 15.5 Å². The van der Waals surface area contributed by atoms with Crippen LogP contribution in [-0.2, 0) is 16.4 Å². The molecule has 108 valence electrons. The fourth-order valence-electron chi connectivity index (χ4n) is 2.52. The Balaban J connectivity index is 1.56. The SMILES string of the molecule is O=S1(=O)CCC(CNCc2cn[nH]c2-c2cccs2)C1. The number of hydrogen-bond acceptors (Lipinski definition) is 5. The van der Waals surface area contributed by atoms with Gasteiger partial charge in [-0.25, -0.2) is 8.42 Å². The minimum absolute atomic E-state index is 0.247. The molecule has 3 heterocycles. The molecular formula is C13H17N3O2S2. The molecule has 0 aliphatic carbocycles. The van der Waals surface area contributed by atoms with Crippen LogP contribution in [0.4, 0.5) is 0 Å². The molecule has 2 aromatic heterocycles. The van der Waals surface area contributed by atoms with Crippen molar-refractivity contribution in [3.63, 3.8) is 0 Å². The van der Waals surface area contributed by atoms with Crippen LogP contribution < -0.4 is 5.32 Å². The summed E-state index contributed by atoms with van der Waals surface area (Å²) >= 11 is 1.67. The van der Waals surface area contributed by atoms with Crippen LogP contribution in [0, 0.1) is 5.92 Å². The number of thiophene rings is 1. The van der Waals surface area contributed by atoms with E-state index in [2.05, 4.69) is 21.6 Å². The van der Waals surface area contributed by atoms with E-state index in [1.54, 1.807) is 11.3 Å². The first-order valence-electron chi connectivity index (χ1n) is 6.61. The van der Waals surface area contributed by atoms with Gasteiger partial charge in [-0.2, -0.15) is 5.10 Å². The summed E-state index contributed by atoms with van der Waals surface area (Å²) in [4.78, 5) is 1.17. The first-order valence-corrected chi connectivity index (χ1v) is 9.31. The maximum Gasteiger partial charge on any atom is 0.150 e. The molecule has 3 rings (SSSR count). The topological polar surface area (TPSA) is 74.8 Å². The smallest absolute Gasteiger partial charge is 0.150 e. The lowest BCUT2D eigenvalue weighted by atomic mass is 10.1. The van der Waals surface area contributed by atoms with E-state index in [9.17, 15) is 8.42 Å². The zero-order chi connectivity index (χ0) is 14.0. The average molecular weight is 311 g/mol. The highest BCUT2D eigenvalue weighted by molar-refractivity contribution is 7.91. The number of aromatic nitrogens is 2. The molecule has 0 bridgehead atoms. The molecule has 1 fully saturated rings. The van der Waals surface area contributed by atoms with E-state index in [1.807, 2.05) is 17.6 Å². The predicted molar refractivity (Wildman–Crippen MR) is 80.4 cm³/mol. The van der Waals surface area contributed by atoms with Crippen molar-refractivity contribution in [3.8, 4) is 10.6 Å². The standard InChI is InChI=1S/C13H17N3O2S2/c17-20(18)5-3-10(9-20)6-14-7-11-8-15-16-13(11)12-2-1-4-19-12/h1-2,4,8,10,14H,3,5-7,9H2,(H,15,16). The highest BCUT2D eigenvalue weighted by Gasteiger charge is 2.27. The second-order valence-electron chi connectivity index (χ2n) is 5.15. The summed E-state index contributed by atoms with van der Waals surface area (Å²) in [5.74, 6) is 0.909. The van der Waals surface area contributed by atoms with Gasteiger partial charge < -0.3 is 5.32 Å². The van der Waals surface area contributed by atoms with Gasteiger partial charge in [-0.05, 0) is 30.3 Å². The molecule has 1 aliphatic rings. The Bertz CT molecular complexity index is 662. The first kappa shape index (κ1) is 13.8. The molecule has 0 aromatic carbocycles. The normalized spacial score (nSPS) is 21.3. The van der Waals surface area contributed by atoms with Gasteiger partial charge in [-0.15, -0.1) is 11.3 Å². The third-order valence-corrected chi connectivity index (χ3v) is 6.28. The summed E-state index contributed by atoms with van der Waals surface area (Å²) in [6, 6.07) is 4.08. The van der Waals surface area contributed by atoms with Gasteiger partial charge in [0.2, 0.25) is 0 Å². The summed E-state index contributed by atoms with van der Waals surface area (Å²) in [6.45, 7) is 1.45. The zero-order valence-electron chi connectivity index (χ0n) is 11.0. The van der Waals surface area contributed by atoms with Crippen molar-refractivity contribution < 1.29 is 8.42 Å². The predicted octanol–water partition coefficient (Wildman–Crippen LogP) is 1.66. The Labute approximate surface area is 122 Å². The molecule has 5 nitrogen and oxygen atoms in total. The summed E-state index contributed by atoms with van der Waals surface area (Å²) in [5.41, 5.74) is 2.17. The molecule has 1 saturated heterocycles. The van der Waals surface area contributed by atoms with Gasteiger partial charge in [-0.1, -0.05) is 6.07 Å². The molecular weight excluding hydrogens is 294 g/mol. The zero-order valence-corrected chi connectivity index (χ0v) is 12.6. The molecule has 1 aliphatic heterocycles. The number of H-pyrrole nitrogens is 1. The third kappa shape index (κ3) is 3.11. The molecule has 1 unspecified atom stereocenters. The monoisotopic (exact) mass is 311 g/mol. The summed E-state index contributed by atoms with van der Waals surface area (Å²) in [6.07, 6.45) is 2.60. The Kier molecular flexibility index (Phi) is 3.91. The fourth-order valence-corrected chi connectivity index (χ4v) is 5.14. The first-order chi connectivity index (χ1) is 9.64. The molecule has 0 amide bonds. The number of hydrogen-bond donors (Lipinski definition) is 2. The van der Waals surface area contributed by atoms with Crippen molar-refractivity contribution in [1.29, 1.82) is 0 Å². The van der Waals surface area contributed by atoms with E-state index >= 15 is 0 Å². The lowest BCUT2D eigenvalue weighted by molar-refractivity contribution is 0.521. The summed E-state index contributed by atoms with van der Waals surface area (Å²) in [5, 5.41) is 12.5. The van der Waals surface area contributed by atoms with E-state index in [0.717, 1.165) is 24.2 Å². The van der Waals surface area contributed by atoms with Gasteiger partial charge in [0.05, 0.1) is 28.3 Å². The third-order valence-electron chi connectivity index (χ3n) is 3.56. The molecule has 20 heavy (non-hydrogen) atoms. The van der Waals surface area contributed by atoms with E-state index in [0.29, 0.717) is 18.1 Å². The second-order valence-corrected chi connectivity index (χ2v) is 8.32. The van der Waals surface area contributed by atoms with E-state index < -0.39 is 9.84 Å². The van der Waals surface area contributed by atoms with Gasteiger partial charge >= 0.3 is 0 Å². The highest BCUT2D eigenvalue weighted by Crippen LogP contribution is 2.25. The Morgan fingerprint density at radius 2 is 2.40 bits per heavy atom. The lowest BCUT2D eigenvalue weighted by Crippen LogP contribution is -2.23. The minimum Gasteiger partial charge on any atom is -0.312 e. The van der Waals surface area contributed by atoms with E-state index in [-0.39, 0.29) is 5.92 Å². The maximum absolute atomic E-state index is 11.4. The molecule has 0 saturated carbocycles. The van der Waals surface area contributed by atoms with Crippen LogP contribution >= 0.6 is 11.3 Å². The number of nitrogens with one attached hydrogen (secondary N) is 2. The van der Waals surface area contributed by atoms with E-state index in [4.69, 9.17) is 0 Å². The fraction of sp³-hybridized carbons (Fsp3) is 0.462.